The van der Waals surface area contributed by atoms with Crippen LogP contribution in [0.1, 0.15) is 39.2 Å². The van der Waals surface area contributed by atoms with Crippen LogP contribution >= 0.6 is 0 Å². The lowest BCUT2D eigenvalue weighted by Gasteiger charge is -2.26. The largest absolute Gasteiger partial charge is 0.314 e. The lowest BCUT2D eigenvalue weighted by Crippen LogP contribution is -2.37. The average molecular weight is 269 g/mol. The summed E-state index contributed by atoms with van der Waals surface area (Å²) in [5.41, 5.74) is 1.47. The van der Waals surface area contributed by atoms with E-state index in [2.05, 4.69) is 68.6 Å². The van der Waals surface area contributed by atoms with Crippen LogP contribution in [0.2, 0.25) is 0 Å². The highest BCUT2D eigenvalue weighted by molar-refractivity contribution is 5.85. The van der Waals surface area contributed by atoms with Gasteiger partial charge in [0.2, 0.25) is 0 Å². The van der Waals surface area contributed by atoms with Gasteiger partial charge in [0.05, 0.1) is 0 Å². The molecule has 0 amide bonds. The third kappa shape index (κ3) is 3.40. The molecule has 0 aliphatic carbocycles. The van der Waals surface area contributed by atoms with Gasteiger partial charge in [-0.3, -0.25) is 0 Å². The fourth-order valence-corrected chi connectivity index (χ4v) is 3.23. The van der Waals surface area contributed by atoms with E-state index in [0.717, 1.165) is 18.9 Å². The van der Waals surface area contributed by atoms with Gasteiger partial charge in [0, 0.05) is 6.04 Å². The molecule has 0 aromatic heterocycles. The summed E-state index contributed by atoms with van der Waals surface area (Å²) < 4.78 is 0. The smallest absolute Gasteiger partial charge is 0.0136 e. The van der Waals surface area contributed by atoms with Crippen molar-refractivity contribution < 1.29 is 0 Å². The molecule has 1 atom stereocenters. The van der Waals surface area contributed by atoms with Gasteiger partial charge >= 0.3 is 0 Å². The van der Waals surface area contributed by atoms with Gasteiger partial charge in [-0.25, -0.2) is 0 Å². The summed E-state index contributed by atoms with van der Waals surface area (Å²) >= 11 is 0. The Balaban J connectivity index is 2.28. The third-order valence-corrected chi connectivity index (χ3v) is 4.40. The molecule has 1 nitrogen and oxygen atoms in total. The molecule has 0 fully saturated rings. The Morgan fingerprint density at radius 2 is 1.60 bits per heavy atom. The molecular weight excluding hydrogens is 242 g/mol. The molecule has 108 valence electrons. The van der Waals surface area contributed by atoms with E-state index in [1.807, 2.05) is 0 Å². The van der Waals surface area contributed by atoms with Gasteiger partial charge in [-0.05, 0) is 35.2 Å². The Morgan fingerprint density at radius 1 is 0.900 bits per heavy atom. The highest BCUT2D eigenvalue weighted by Crippen LogP contribution is 2.23. The molecule has 0 radical (unpaired) electrons. The monoisotopic (exact) mass is 269 g/mol. The predicted octanol–water partition coefficient (Wildman–Crippen LogP) is 4.80. The van der Waals surface area contributed by atoms with Crippen LogP contribution in [-0.4, -0.2) is 12.6 Å². The van der Waals surface area contributed by atoms with Crippen molar-refractivity contribution in [1.29, 1.82) is 0 Å². The lowest BCUT2D eigenvalue weighted by molar-refractivity contribution is 0.337. The molecule has 2 aromatic rings. The minimum Gasteiger partial charge on any atom is -0.314 e. The Hall–Kier alpha value is -1.34. The van der Waals surface area contributed by atoms with E-state index in [1.54, 1.807) is 0 Å². The average Bonchev–Trinajstić information content (AvgIpc) is 2.49. The first-order valence-corrected chi connectivity index (χ1v) is 8.00. The van der Waals surface area contributed by atoms with Crippen LogP contribution in [-0.2, 0) is 6.42 Å². The zero-order valence-corrected chi connectivity index (χ0v) is 13.0. The number of likely N-dealkylation sites (N-methyl/N-ethyl adjacent to an activating group) is 1. The van der Waals surface area contributed by atoms with Crippen LogP contribution in [0.5, 0.6) is 0 Å². The van der Waals surface area contributed by atoms with Crippen molar-refractivity contribution in [3.63, 3.8) is 0 Å². The maximum absolute atomic E-state index is 3.70. The molecule has 2 aromatic carbocycles. The number of benzene rings is 2. The fraction of sp³-hybridized carbons (Fsp3) is 0.474. The molecule has 1 unspecified atom stereocenters. The first-order valence-electron chi connectivity index (χ1n) is 8.00. The van der Waals surface area contributed by atoms with Crippen molar-refractivity contribution >= 4 is 10.8 Å². The number of hydrogen-bond acceptors (Lipinski definition) is 1. The molecule has 0 bridgehead atoms. The van der Waals surface area contributed by atoms with Crippen LogP contribution in [0.15, 0.2) is 42.5 Å². The highest BCUT2D eigenvalue weighted by Gasteiger charge is 2.18. The molecule has 2 rings (SSSR count). The molecule has 1 N–H and O–H groups in total. The molecular formula is C19H27N. The standard InChI is InChI=1S/C19H27N/c1-4-15(5-2)19(20-6-3)14-17-12-9-11-16-10-7-8-13-18(16)17/h7-13,15,19-20H,4-6,14H2,1-3H3. The summed E-state index contributed by atoms with van der Waals surface area (Å²) in [5, 5.41) is 6.46. The number of hydrogen-bond donors (Lipinski definition) is 1. The van der Waals surface area contributed by atoms with Crippen LogP contribution in [0, 0.1) is 5.92 Å². The minimum absolute atomic E-state index is 0.584. The van der Waals surface area contributed by atoms with Crippen molar-refractivity contribution in [2.75, 3.05) is 6.54 Å². The van der Waals surface area contributed by atoms with E-state index >= 15 is 0 Å². The van der Waals surface area contributed by atoms with E-state index in [9.17, 15) is 0 Å². The molecule has 0 saturated heterocycles. The number of rotatable bonds is 7. The Kier molecular flexibility index (Phi) is 5.60. The maximum Gasteiger partial charge on any atom is 0.0136 e. The van der Waals surface area contributed by atoms with Gasteiger partial charge in [-0.1, -0.05) is 76.1 Å². The minimum atomic E-state index is 0.584. The van der Waals surface area contributed by atoms with Crippen molar-refractivity contribution in [1.82, 2.24) is 5.32 Å². The summed E-state index contributed by atoms with van der Waals surface area (Å²) in [6.07, 6.45) is 3.62. The van der Waals surface area contributed by atoms with Crippen molar-refractivity contribution in [3.8, 4) is 0 Å². The third-order valence-electron chi connectivity index (χ3n) is 4.40. The SMILES string of the molecule is CCNC(Cc1cccc2ccccc12)C(CC)CC. The highest BCUT2D eigenvalue weighted by atomic mass is 14.9. The van der Waals surface area contributed by atoms with Gasteiger partial charge in [-0.2, -0.15) is 0 Å². The molecule has 20 heavy (non-hydrogen) atoms. The number of fused-ring (bicyclic) bond motifs is 1. The summed E-state index contributed by atoms with van der Waals surface area (Å²) in [7, 11) is 0. The molecule has 0 spiro atoms. The second-order valence-corrected chi connectivity index (χ2v) is 5.58. The van der Waals surface area contributed by atoms with E-state index in [0.29, 0.717) is 6.04 Å². The van der Waals surface area contributed by atoms with Crippen molar-refractivity contribution in [3.05, 3.63) is 48.0 Å². The van der Waals surface area contributed by atoms with Crippen LogP contribution in [0.3, 0.4) is 0 Å². The molecule has 1 heteroatoms. The zero-order valence-electron chi connectivity index (χ0n) is 13.0. The van der Waals surface area contributed by atoms with E-state index < -0.39 is 0 Å². The zero-order chi connectivity index (χ0) is 14.4. The molecule has 0 aliphatic rings. The van der Waals surface area contributed by atoms with Crippen LogP contribution < -0.4 is 5.32 Å². The second kappa shape index (κ2) is 7.44. The second-order valence-electron chi connectivity index (χ2n) is 5.58. The topological polar surface area (TPSA) is 12.0 Å². The normalized spacial score (nSPS) is 13.0. The summed E-state index contributed by atoms with van der Waals surface area (Å²) in [6, 6.07) is 16.0. The maximum atomic E-state index is 3.70. The first-order chi connectivity index (χ1) is 9.80. The molecule has 0 heterocycles. The quantitative estimate of drug-likeness (QED) is 0.761. The Bertz CT molecular complexity index is 523. The van der Waals surface area contributed by atoms with Gasteiger partial charge in [0.1, 0.15) is 0 Å². The van der Waals surface area contributed by atoms with E-state index in [-0.39, 0.29) is 0 Å². The Morgan fingerprint density at radius 3 is 2.30 bits per heavy atom. The van der Waals surface area contributed by atoms with Gasteiger partial charge in [0.15, 0.2) is 0 Å². The van der Waals surface area contributed by atoms with E-state index in [1.165, 1.54) is 29.2 Å². The van der Waals surface area contributed by atoms with Crippen LogP contribution in [0.4, 0.5) is 0 Å². The van der Waals surface area contributed by atoms with Crippen molar-refractivity contribution in [2.45, 2.75) is 46.1 Å². The lowest BCUT2D eigenvalue weighted by atomic mass is 9.88. The first kappa shape index (κ1) is 15.1. The fourth-order valence-electron chi connectivity index (χ4n) is 3.23. The van der Waals surface area contributed by atoms with Crippen molar-refractivity contribution in [2.24, 2.45) is 5.92 Å². The summed E-state index contributed by atoms with van der Waals surface area (Å²) in [5.74, 6) is 0.758. The molecule has 0 aliphatic heterocycles. The molecule has 0 saturated carbocycles. The predicted molar refractivity (Wildman–Crippen MR) is 89.2 cm³/mol. The van der Waals surface area contributed by atoms with Gasteiger partial charge < -0.3 is 5.32 Å². The summed E-state index contributed by atoms with van der Waals surface area (Å²) in [4.78, 5) is 0. The van der Waals surface area contributed by atoms with E-state index in [4.69, 9.17) is 0 Å². The summed E-state index contributed by atoms with van der Waals surface area (Å²) in [6.45, 7) is 7.87. The van der Waals surface area contributed by atoms with Gasteiger partial charge in [-0.15, -0.1) is 0 Å². The van der Waals surface area contributed by atoms with Gasteiger partial charge in [0.25, 0.3) is 0 Å². The number of nitrogens with one attached hydrogen (secondary N) is 1. The Labute approximate surface area is 123 Å². The van der Waals surface area contributed by atoms with Crippen LogP contribution in [0.25, 0.3) is 10.8 Å².